The molecule has 0 unspecified atom stereocenters. The van der Waals surface area contributed by atoms with Gasteiger partial charge in [-0.3, -0.25) is 4.79 Å². The van der Waals surface area contributed by atoms with E-state index in [4.69, 9.17) is 0 Å². The number of benzene rings is 1. The SMILES string of the molecule is O=C(C1CCS(=O)(=O)CC1)N1CCN(c2cc(C(F)(F)F)on2)C[C@H]1c1ccc(F)cc1. The van der Waals surface area contributed by atoms with Crippen LogP contribution in [0.25, 0.3) is 0 Å². The second-order valence-corrected chi connectivity index (χ2v) is 10.3. The summed E-state index contributed by atoms with van der Waals surface area (Å²) in [5.41, 5.74) is 0.618. The van der Waals surface area contributed by atoms with Crippen LogP contribution in [0.3, 0.4) is 0 Å². The van der Waals surface area contributed by atoms with Gasteiger partial charge in [0.25, 0.3) is 0 Å². The molecule has 1 amide bonds. The predicted molar refractivity (Wildman–Crippen MR) is 106 cm³/mol. The minimum absolute atomic E-state index is 0.000274. The number of piperazine rings is 1. The molecule has 1 atom stereocenters. The van der Waals surface area contributed by atoms with Crippen LogP contribution in [0.1, 0.15) is 30.2 Å². The molecule has 7 nitrogen and oxygen atoms in total. The number of halogens is 4. The molecule has 0 spiro atoms. The number of carbonyl (C=O) groups is 1. The zero-order valence-electron chi connectivity index (χ0n) is 16.9. The fourth-order valence-corrected chi connectivity index (χ4v) is 5.64. The van der Waals surface area contributed by atoms with Gasteiger partial charge in [-0.25, -0.2) is 12.8 Å². The molecule has 174 valence electrons. The summed E-state index contributed by atoms with van der Waals surface area (Å²) in [6.45, 7) is 0.544. The monoisotopic (exact) mass is 475 g/mol. The van der Waals surface area contributed by atoms with E-state index in [1.54, 1.807) is 9.80 Å². The molecule has 0 radical (unpaired) electrons. The molecule has 0 saturated carbocycles. The van der Waals surface area contributed by atoms with E-state index in [-0.39, 0.29) is 55.7 Å². The molecule has 3 heterocycles. The number of aromatic nitrogens is 1. The molecule has 32 heavy (non-hydrogen) atoms. The Bertz CT molecular complexity index is 1070. The smallest absolute Gasteiger partial charge is 0.350 e. The second-order valence-electron chi connectivity index (χ2n) is 8.02. The van der Waals surface area contributed by atoms with Crippen LogP contribution in [0.15, 0.2) is 34.9 Å². The van der Waals surface area contributed by atoms with Gasteiger partial charge >= 0.3 is 6.18 Å². The number of alkyl halides is 3. The summed E-state index contributed by atoms with van der Waals surface area (Å²) >= 11 is 0. The van der Waals surface area contributed by atoms with Crippen molar-refractivity contribution >= 4 is 21.6 Å². The van der Waals surface area contributed by atoms with Crippen LogP contribution < -0.4 is 4.90 Å². The minimum atomic E-state index is -4.67. The van der Waals surface area contributed by atoms with Crippen molar-refractivity contribution in [2.75, 3.05) is 36.0 Å². The van der Waals surface area contributed by atoms with Crippen LogP contribution in [-0.2, 0) is 20.8 Å². The lowest BCUT2D eigenvalue weighted by atomic mass is 9.96. The third-order valence-electron chi connectivity index (χ3n) is 5.92. The quantitative estimate of drug-likeness (QED) is 0.635. The maximum Gasteiger partial charge on any atom is 0.452 e. The van der Waals surface area contributed by atoms with E-state index >= 15 is 0 Å². The molecule has 1 aromatic carbocycles. The number of nitrogens with zero attached hydrogens (tertiary/aromatic N) is 3. The first-order valence-electron chi connectivity index (χ1n) is 10.1. The highest BCUT2D eigenvalue weighted by atomic mass is 32.2. The number of carbonyl (C=O) groups excluding carboxylic acids is 1. The van der Waals surface area contributed by atoms with Crippen molar-refractivity contribution in [1.82, 2.24) is 10.1 Å². The highest BCUT2D eigenvalue weighted by molar-refractivity contribution is 7.91. The maximum atomic E-state index is 13.5. The largest absolute Gasteiger partial charge is 0.452 e. The van der Waals surface area contributed by atoms with Crippen molar-refractivity contribution in [2.24, 2.45) is 5.92 Å². The van der Waals surface area contributed by atoms with Crippen LogP contribution in [-0.4, -0.2) is 55.5 Å². The van der Waals surface area contributed by atoms with Gasteiger partial charge in [0.2, 0.25) is 11.7 Å². The maximum absolute atomic E-state index is 13.5. The van der Waals surface area contributed by atoms with Gasteiger partial charge in [0.05, 0.1) is 17.5 Å². The van der Waals surface area contributed by atoms with Crippen molar-refractivity contribution in [3.05, 3.63) is 47.5 Å². The van der Waals surface area contributed by atoms with E-state index in [1.165, 1.54) is 24.3 Å². The Balaban J connectivity index is 1.58. The predicted octanol–water partition coefficient (Wildman–Crippen LogP) is 3.05. The molecule has 2 fully saturated rings. The topological polar surface area (TPSA) is 83.7 Å². The van der Waals surface area contributed by atoms with Gasteiger partial charge in [0, 0.05) is 31.6 Å². The highest BCUT2D eigenvalue weighted by Gasteiger charge is 2.40. The van der Waals surface area contributed by atoms with Gasteiger partial charge in [-0.1, -0.05) is 17.3 Å². The molecule has 2 aliphatic rings. The third kappa shape index (κ3) is 4.74. The molecule has 0 bridgehead atoms. The third-order valence-corrected chi connectivity index (χ3v) is 7.64. The first kappa shape index (κ1) is 22.6. The van der Waals surface area contributed by atoms with E-state index in [9.17, 15) is 30.8 Å². The standard InChI is InChI=1S/C20H21F4N3O4S/c21-15-3-1-13(2-4-15)16-12-26(18-11-17(31-25-18)20(22,23)24)7-8-27(16)19(28)14-5-9-32(29,30)10-6-14/h1-4,11,14,16H,5-10,12H2/t16-/m0/s1. The van der Waals surface area contributed by atoms with Gasteiger partial charge < -0.3 is 14.3 Å². The first-order valence-corrected chi connectivity index (χ1v) is 11.9. The Morgan fingerprint density at radius 1 is 1.09 bits per heavy atom. The molecule has 2 aromatic rings. The zero-order chi connectivity index (χ0) is 23.1. The van der Waals surface area contributed by atoms with Gasteiger partial charge in [0.15, 0.2) is 5.82 Å². The Morgan fingerprint density at radius 2 is 1.75 bits per heavy atom. The Morgan fingerprint density at radius 3 is 2.34 bits per heavy atom. The fourth-order valence-electron chi connectivity index (χ4n) is 4.15. The summed E-state index contributed by atoms with van der Waals surface area (Å²) < 4.78 is 80.0. The molecule has 0 N–H and O–H groups in total. The van der Waals surface area contributed by atoms with E-state index in [1.807, 2.05) is 0 Å². The molecule has 4 rings (SSSR count). The molecule has 1 aromatic heterocycles. The summed E-state index contributed by atoms with van der Waals surface area (Å²) in [7, 11) is -3.14. The Kier molecular flexibility index (Phi) is 5.91. The average molecular weight is 475 g/mol. The van der Waals surface area contributed by atoms with E-state index in [0.29, 0.717) is 5.56 Å². The van der Waals surface area contributed by atoms with Crippen molar-refractivity contribution in [1.29, 1.82) is 0 Å². The number of amides is 1. The molecular weight excluding hydrogens is 454 g/mol. The molecular formula is C20H21F4N3O4S. The molecule has 2 aliphatic heterocycles. The van der Waals surface area contributed by atoms with Crippen LogP contribution in [0, 0.1) is 11.7 Å². The lowest BCUT2D eigenvalue weighted by molar-refractivity contribution is -0.155. The summed E-state index contributed by atoms with van der Waals surface area (Å²) in [5, 5.41) is 3.53. The minimum Gasteiger partial charge on any atom is -0.350 e. The van der Waals surface area contributed by atoms with Gasteiger partial charge in [-0.05, 0) is 30.5 Å². The van der Waals surface area contributed by atoms with Crippen molar-refractivity contribution in [3.63, 3.8) is 0 Å². The van der Waals surface area contributed by atoms with Crippen LogP contribution in [0.5, 0.6) is 0 Å². The van der Waals surface area contributed by atoms with E-state index in [2.05, 4.69) is 9.68 Å². The summed E-state index contributed by atoms with van der Waals surface area (Å²) in [5.74, 6) is -2.42. The number of rotatable bonds is 3. The lowest BCUT2D eigenvalue weighted by Crippen LogP contribution is -2.53. The lowest BCUT2D eigenvalue weighted by Gasteiger charge is -2.43. The van der Waals surface area contributed by atoms with Crippen LogP contribution >= 0.6 is 0 Å². The number of sulfone groups is 1. The summed E-state index contributed by atoms with van der Waals surface area (Å²) in [6, 6.07) is 5.80. The molecule has 12 heteroatoms. The van der Waals surface area contributed by atoms with Crippen LogP contribution in [0.4, 0.5) is 23.4 Å². The van der Waals surface area contributed by atoms with Gasteiger partial charge in [0.1, 0.15) is 15.7 Å². The summed E-state index contributed by atoms with van der Waals surface area (Å²) in [4.78, 5) is 16.4. The number of anilines is 1. The second kappa shape index (κ2) is 8.38. The number of hydrogen-bond acceptors (Lipinski definition) is 6. The van der Waals surface area contributed by atoms with E-state index < -0.39 is 39.6 Å². The first-order chi connectivity index (χ1) is 15.0. The highest BCUT2D eigenvalue weighted by Crippen LogP contribution is 2.35. The van der Waals surface area contributed by atoms with Crippen molar-refractivity contribution in [2.45, 2.75) is 25.1 Å². The number of hydrogen-bond donors (Lipinski definition) is 0. The Labute approximate surface area is 181 Å². The zero-order valence-corrected chi connectivity index (χ0v) is 17.7. The van der Waals surface area contributed by atoms with Crippen LogP contribution in [0.2, 0.25) is 0 Å². The van der Waals surface area contributed by atoms with Crippen molar-refractivity contribution < 1.29 is 35.3 Å². The molecule has 0 aliphatic carbocycles. The normalized spacial score (nSPS) is 22.2. The molecule has 2 saturated heterocycles. The fraction of sp³-hybridized carbons (Fsp3) is 0.500. The Hall–Kier alpha value is -2.63. The average Bonchev–Trinajstić information content (AvgIpc) is 3.24. The van der Waals surface area contributed by atoms with Gasteiger partial charge in [-0.2, -0.15) is 13.2 Å². The summed E-state index contributed by atoms with van der Waals surface area (Å²) in [6.07, 6.45) is -4.20. The van der Waals surface area contributed by atoms with Crippen molar-refractivity contribution in [3.8, 4) is 0 Å². The van der Waals surface area contributed by atoms with Gasteiger partial charge in [-0.15, -0.1) is 0 Å². The van der Waals surface area contributed by atoms with E-state index in [0.717, 1.165) is 6.07 Å².